The average molecular weight is 637 g/mol. The van der Waals surface area contributed by atoms with Crippen molar-refractivity contribution in [3.05, 3.63) is 122 Å². The van der Waals surface area contributed by atoms with Gasteiger partial charge in [-0.1, -0.05) is 65.1 Å². The number of carbonyl (C=O) groups is 1. The first-order valence-corrected chi connectivity index (χ1v) is 15.1. The minimum atomic E-state index is -0.00112. The largest absolute Gasteiger partial charge is 0.487 e. The van der Waals surface area contributed by atoms with E-state index < -0.39 is 0 Å². The first-order valence-electron chi connectivity index (χ1n) is 14.0. The molecular formula is C34H32Cl3N3O3. The van der Waals surface area contributed by atoms with E-state index in [1.54, 1.807) is 24.4 Å². The molecule has 4 aromatic rings. The van der Waals surface area contributed by atoms with Crippen molar-refractivity contribution in [1.29, 1.82) is 0 Å². The van der Waals surface area contributed by atoms with E-state index in [2.05, 4.69) is 9.88 Å². The highest BCUT2D eigenvalue weighted by Gasteiger charge is 2.20. The summed E-state index contributed by atoms with van der Waals surface area (Å²) < 4.78 is 11.8. The van der Waals surface area contributed by atoms with Gasteiger partial charge in [0.1, 0.15) is 12.4 Å². The lowest BCUT2D eigenvalue weighted by Crippen LogP contribution is -2.47. The smallest absolute Gasteiger partial charge is 0.246 e. The molecule has 5 rings (SSSR count). The molecule has 3 aromatic carbocycles. The maximum atomic E-state index is 13.1. The molecule has 0 aliphatic carbocycles. The molecule has 1 aliphatic rings. The molecule has 1 aromatic heterocycles. The van der Waals surface area contributed by atoms with Gasteiger partial charge in [-0.2, -0.15) is 0 Å². The number of carbonyl (C=O) groups excluding carboxylic acids is 1. The van der Waals surface area contributed by atoms with Crippen LogP contribution in [0.2, 0.25) is 15.1 Å². The second-order valence-electron chi connectivity index (χ2n) is 10.5. The minimum absolute atomic E-state index is 0.00112. The van der Waals surface area contributed by atoms with Crippen LogP contribution in [0.1, 0.15) is 29.2 Å². The zero-order chi connectivity index (χ0) is 30.3. The monoisotopic (exact) mass is 635 g/mol. The van der Waals surface area contributed by atoms with Gasteiger partial charge in [0.25, 0.3) is 0 Å². The molecule has 1 fully saturated rings. The average Bonchev–Trinajstić information content (AvgIpc) is 3.00. The van der Waals surface area contributed by atoms with Gasteiger partial charge in [-0.15, -0.1) is 0 Å². The van der Waals surface area contributed by atoms with Crippen LogP contribution in [0.25, 0.3) is 5.57 Å². The molecule has 6 nitrogen and oxygen atoms in total. The van der Waals surface area contributed by atoms with Gasteiger partial charge in [0.15, 0.2) is 5.75 Å². The summed E-state index contributed by atoms with van der Waals surface area (Å²) in [6.45, 7) is 8.02. The number of piperazine rings is 1. The standard InChI is InChI=1S/C34H32Cl3N3O3/c1-23(18-33(41)40-15-13-39(14-16-40)21-25-7-9-28(35)10-8-25)27-17-24(2)34(31(37)19-27)43-32-12-11-29(20-38-32)42-22-26-5-3-4-6-30(26)36/h3-12,17-20H,13-16,21-22H2,1-2H3/b23-18+. The zero-order valence-corrected chi connectivity index (χ0v) is 26.3. The molecule has 0 radical (unpaired) electrons. The summed E-state index contributed by atoms with van der Waals surface area (Å²) in [5, 5.41) is 1.83. The fourth-order valence-corrected chi connectivity index (χ4v) is 5.44. The van der Waals surface area contributed by atoms with E-state index in [1.807, 2.05) is 79.4 Å². The Morgan fingerprint density at radius 2 is 1.67 bits per heavy atom. The van der Waals surface area contributed by atoms with Gasteiger partial charge < -0.3 is 14.4 Å². The second-order valence-corrected chi connectivity index (χ2v) is 11.7. The third kappa shape index (κ3) is 8.30. The Bertz CT molecular complexity index is 1580. The molecule has 0 unspecified atom stereocenters. The number of aromatic nitrogens is 1. The van der Waals surface area contributed by atoms with Crippen LogP contribution in [-0.4, -0.2) is 46.9 Å². The predicted octanol–water partition coefficient (Wildman–Crippen LogP) is 8.47. The Labute approximate surface area is 267 Å². The van der Waals surface area contributed by atoms with Crippen molar-refractivity contribution < 1.29 is 14.3 Å². The Hall–Kier alpha value is -3.55. The van der Waals surface area contributed by atoms with Gasteiger partial charge in [-0.3, -0.25) is 9.69 Å². The van der Waals surface area contributed by atoms with Crippen molar-refractivity contribution in [2.75, 3.05) is 26.2 Å². The highest BCUT2D eigenvalue weighted by molar-refractivity contribution is 6.32. The number of pyridine rings is 1. The Balaban J connectivity index is 1.16. The van der Waals surface area contributed by atoms with Crippen molar-refractivity contribution in [3.8, 4) is 17.4 Å². The Morgan fingerprint density at radius 1 is 0.930 bits per heavy atom. The molecule has 1 saturated heterocycles. The van der Waals surface area contributed by atoms with Gasteiger partial charge in [0.05, 0.1) is 11.2 Å². The second kappa shape index (κ2) is 14.3. The van der Waals surface area contributed by atoms with Gasteiger partial charge in [0.2, 0.25) is 11.8 Å². The van der Waals surface area contributed by atoms with E-state index in [9.17, 15) is 4.79 Å². The lowest BCUT2D eigenvalue weighted by atomic mass is 10.0. The van der Waals surface area contributed by atoms with E-state index in [-0.39, 0.29) is 5.91 Å². The van der Waals surface area contributed by atoms with E-state index in [0.29, 0.717) is 47.1 Å². The third-order valence-corrected chi connectivity index (χ3v) is 8.20. The first kappa shape index (κ1) is 30.9. The van der Waals surface area contributed by atoms with Crippen LogP contribution in [0.5, 0.6) is 17.4 Å². The van der Waals surface area contributed by atoms with E-state index in [4.69, 9.17) is 44.3 Å². The van der Waals surface area contributed by atoms with Gasteiger partial charge in [-0.25, -0.2) is 4.98 Å². The normalized spacial score (nSPS) is 14.1. The summed E-state index contributed by atoms with van der Waals surface area (Å²) >= 11 is 18.8. The van der Waals surface area contributed by atoms with Crippen LogP contribution in [-0.2, 0) is 17.9 Å². The lowest BCUT2D eigenvalue weighted by molar-refractivity contribution is -0.127. The van der Waals surface area contributed by atoms with E-state index in [0.717, 1.165) is 46.9 Å². The number of allylic oxidation sites excluding steroid dienone is 1. The van der Waals surface area contributed by atoms with Crippen LogP contribution in [0.3, 0.4) is 0 Å². The van der Waals surface area contributed by atoms with Gasteiger partial charge in [-0.05, 0) is 72.5 Å². The number of nitrogens with zero attached hydrogens (tertiary/aromatic N) is 3. The summed E-state index contributed by atoms with van der Waals surface area (Å²) in [6.07, 6.45) is 3.28. The van der Waals surface area contributed by atoms with Crippen molar-refractivity contribution in [2.24, 2.45) is 0 Å². The van der Waals surface area contributed by atoms with Crippen LogP contribution < -0.4 is 9.47 Å². The summed E-state index contributed by atoms with van der Waals surface area (Å²) in [4.78, 5) is 21.7. The Morgan fingerprint density at radius 3 is 2.35 bits per heavy atom. The summed E-state index contributed by atoms with van der Waals surface area (Å²) in [6, 6.07) is 22.7. The van der Waals surface area contributed by atoms with E-state index >= 15 is 0 Å². The number of amides is 1. The highest BCUT2D eigenvalue weighted by atomic mass is 35.5. The Kier molecular flexibility index (Phi) is 10.3. The number of benzene rings is 3. The molecule has 222 valence electrons. The molecular weight excluding hydrogens is 605 g/mol. The van der Waals surface area contributed by atoms with Crippen LogP contribution in [0.15, 0.2) is 85.1 Å². The third-order valence-electron chi connectivity index (χ3n) is 7.30. The van der Waals surface area contributed by atoms with Crippen LogP contribution in [0, 0.1) is 6.92 Å². The SMILES string of the molecule is C/C(=C\C(=O)N1CCN(Cc2ccc(Cl)cc2)CC1)c1cc(C)c(Oc2ccc(OCc3ccccc3Cl)cn2)c(Cl)c1. The first-order chi connectivity index (χ1) is 20.7. The molecule has 0 N–H and O–H groups in total. The van der Waals surface area contributed by atoms with Crippen molar-refractivity contribution in [1.82, 2.24) is 14.8 Å². The van der Waals surface area contributed by atoms with Crippen molar-refractivity contribution in [2.45, 2.75) is 27.0 Å². The maximum Gasteiger partial charge on any atom is 0.246 e. The summed E-state index contributed by atoms with van der Waals surface area (Å²) in [5.41, 5.74) is 4.64. The van der Waals surface area contributed by atoms with Crippen molar-refractivity contribution in [3.63, 3.8) is 0 Å². The number of halogens is 3. The number of ether oxygens (including phenoxy) is 2. The number of aryl methyl sites for hydroxylation is 1. The summed E-state index contributed by atoms with van der Waals surface area (Å²) in [7, 11) is 0. The van der Waals surface area contributed by atoms with Crippen LogP contribution >= 0.6 is 34.8 Å². The molecule has 0 bridgehead atoms. The minimum Gasteiger partial charge on any atom is -0.487 e. The molecule has 0 saturated carbocycles. The fraction of sp³-hybridized carbons (Fsp3) is 0.235. The van der Waals surface area contributed by atoms with E-state index in [1.165, 1.54) is 5.56 Å². The quantitative estimate of drug-likeness (QED) is 0.173. The van der Waals surface area contributed by atoms with Crippen molar-refractivity contribution >= 4 is 46.3 Å². The number of hydrogen-bond donors (Lipinski definition) is 0. The number of rotatable bonds is 9. The van der Waals surface area contributed by atoms with Gasteiger partial charge in [0, 0.05) is 60.5 Å². The molecule has 1 amide bonds. The molecule has 9 heteroatoms. The lowest BCUT2D eigenvalue weighted by Gasteiger charge is -2.34. The highest BCUT2D eigenvalue weighted by Crippen LogP contribution is 2.35. The molecule has 0 spiro atoms. The molecule has 43 heavy (non-hydrogen) atoms. The molecule has 0 atom stereocenters. The molecule has 1 aliphatic heterocycles. The summed E-state index contributed by atoms with van der Waals surface area (Å²) in [5.74, 6) is 1.50. The zero-order valence-electron chi connectivity index (χ0n) is 24.0. The molecule has 2 heterocycles. The number of hydrogen-bond acceptors (Lipinski definition) is 5. The topological polar surface area (TPSA) is 54.9 Å². The maximum absolute atomic E-state index is 13.1. The van der Waals surface area contributed by atoms with Crippen LogP contribution in [0.4, 0.5) is 0 Å². The predicted molar refractivity (Wildman–Crippen MR) is 173 cm³/mol. The van der Waals surface area contributed by atoms with Gasteiger partial charge >= 0.3 is 0 Å². The fourth-order valence-electron chi connectivity index (χ4n) is 4.82.